The van der Waals surface area contributed by atoms with Crippen molar-refractivity contribution in [1.82, 2.24) is 4.90 Å². The van der Waals surface area contributed by atoms with Gasteiger partial charge in [-0.2, -0.15) is 0 Å². The van der Waals surface area contributed by atoms with E-state index in [2.05, 4.69) is 0 Å². The third kappa shape index (κ3) is 2.63. The molecule has 1 aromatic carbocycles. The largest absolute Gasteiger partial charge is 0.493 e. The second-order valence-electron chi connectivity index (χ2n) is 4.49. The summed E-state index contributed by atoms with van der Waals surface area (Å²) >= 11 is 0. The first-order chi connectivity index (χ1) is 8.61. The number of ether oxygens (including phenoxy) is 1. The molecule has 0 aliphatic carbocycles. The summed E-state index contributed by atoms with van der Waals surface area (Å²) in [6.45, 7) is 1.13. The molecule has 98 valence electrons. The molecule has 0 saturated carbocycles. The average molecular weight is 250 g/mol. The van der Waals surface area contributed by atoms with E-state index in [0.29, 0.717) is 6.54 Å². The van der Waals surface area contributed by atoms with Gasteiger partial charge in [-0.3, -0.25) is 4.79 Å². The van der Waals surface area contributed by atoms with Crippen LogP contribution in [0.5, 0.6) is 5.75 Å². The van der Waals surface area contributed by atoms with E-state index >= 15 is 0 Å². The highest BCUT2D eigenvalue weighted by Gasteiger charge is 2.19. The fourth-order valence-electron chi connectivity index (χ4n) is 2.05. The van der Waals surface area contributed by atoms with E-state index in [-0.39, 0.29) is 12.5 Å². The lowest BCUT2D eigenvalue weighted by molar-refractivity contribution is -0.138. The number of nitrogens with two attached hydrogens (primary N) is 1. The molecule has 1 aromatic rings. The minimum atomic E-state index is -1.12. The molecule has 2 rings (SSSR count). The van der Waals surface area contributed by atoms with E-state index < -0.39 is 6.10 Å². The monoisotopic (exact) mass is 250 g/mol. The zero-order valence-corrected chi connectivity index (χ0v) is 10.4. The maximum absolute atomic E-state index is 11.7. The van der Waals surface area contributed by atoms with E-state index in [1.54, 1.807) is 7.05 Å². The number of carbonyl (C=O) groups excluding carboxylic acids is 1. The van der Waals surface area contributed by atoms with Crippen LogP contribution in [0.3, 0.4) is 0 Å². The fourth-order valence-corrected chi connectivity index (χ4v) is 2.05. The Kier molecular flexibility index (Phi) is 3.84. The first kappa shape index (κ1) is 12.9. The standard InChI is InChI=1S/C13H18N2O3/c1-15(13(17)11(16)7-14)8-9-2-3-12-10(6-9)4-5-18-12/h2-3,6,11,16H,4-5,7-8,14H2,1H3. The number of fused-ring (bicyclic) bond motifs is 1. The number of aliphatic hydroxyl groups excluding tert-OH is 1. The molecule has 0 fully saturated rings. The lowest BCUT2D eigenvalue weighted by Crippen LogP contribution is -2.40. The molecule has 3 N–H and O–H groups in total. The van der Waals surface area contributed by atoms with Gasteiger partial charge in [0.1, 0.15) is 11.9 Å². The average Bonchev–Trinajstić information content (AvgIpc) is 2.84. The summed E-state index contributed by atoms with van der Waals surface area (Å²) in [4.78, 5) is 13.2. The van der Waals surface area contributed by atoms with Crippen molar-refractivity contribution in [2.24, 2.45) is 5.73 Å². The van der Waals surface area contributed by atoms with Crippen LogP contribution < -0.4 is 10.5 Å². The quantitative estimate of drug-likeness (QED) is 0.782. The zero-order chi connectivity index (χ0) is 13.1. The highest BCUT2D eigenvalue weighted by atomic mass is 16.5. The van der Waals surface area contributed by atoms with Crippen LogP contribution in [0.1, 0.15) is 11.1 Å². The third-order valence-corrected chi connectivity index (χ3v) is 3.06. The van der Waals surface area contributed by atoms with Gasteiger partial charge in [0.25, 0.3) is 5.91 Å². The first-order valence-electron chi connectivity index (χ1n) is 5.99. The predicted octanol–water partition coefficient (Wildman–Crippen LogP) is -0.100. The van der Waals surface area contributed by atoms with Crippen molar-refractivity contribution < 1.29 is 14.6 Å². The molecule has 0 saturated heterocycles. The van der Waals surface area contributed by atoms with Crippen molar-refractivity contribution in [1.29, 1.82) is 0 Å². The van der Waals surface area contributed by atoms with Gasteiger partial charge < -0.3 is 20.5 Å². The summed E-state index contributed by atoms with van der Waals surface area (Å²) in [6, 6.07) is 5.90. The number of rotatable bonds is 4. The van der Waals surface area contributed by atoms with Crippen LogP contribution in [0.4, 0.5) is 0 Å². The van der Waals surface area contributed by atoms with Crippen LogP contribution in [0.15, 0.2) is 18.2 Å². The molecule has 5 heteroatoms. The SMILES string of the molecule is CN(Cc1ccc2c(c1)CCO2)C(=O)C(O)CN. The van der Waals surface area contributed by atoms with E-state index in [1.165, 1.54) is 10.5 Å². The number of hydrogen-bond donors (Lipinski definition) is 2. The maximum atomic E-state index is 11.7. The second kappa shape index (κ2) is 5.37. The first-order valence-corrected chi connectivity index (χ1v) is 5.99. The molecule has 5 nitrogen and oxygen atoms in total. The van der Waals surface area contributed by atoms with Crippen LogP contribution in [0.25, 0.3) is 0 Å². The molecule has 1 aliphatic rings. The second-order valence-corrected chi connectivity index (χ2v) is 4.49. The van der Waals surface area contributed by atoms with Crippen molar-refractivity contribution in [2.75, 3.05) is 20.2 Å². The maximum Gasteiger partial charge on any atom is 0.252 e. The zero-order valence-electron chi connectivity index (χ0n) is 10.4. The summed E-state index contributed by atoms with van der Waals surface area (Å²) in [5.41, 5.74) is 7.46. The van der Waals surface area contributed by atoms with Crippen molar-refractivity contribution in [3.63, 3.8) is 0 Å². The molecular formula is C13H18N2O3. The lowest BCUT2D eigenvalue weighted by Gasteiger charge is -2.20. The number of carbonyl (C=O) groups is 1. The topological polar surface area (TPSA) is 75.8 Å². The third-order valence-electron chi connectivity index (χ3n) is 3.06. The van der Waals surface area contributed by atoms with Gasteiger partial charge in [0.2, 0.25) is 0 Å². The minimum absolute atomic E-state index is 0.0544. The molecule has 1 atom stereocenters. The highest BCUT2D eigenvalue weighted by Crippen LogP contribution is 2.26. The molecule has 0 aromatic heterocycles. The van der Waals surface area contributed by atoms with Crippen LogP contribution in [0.2, 0.25) is 0 Å². The summed E-state index contributed by atoms with van der Waals surface area (Å²) in [5.74, 6) is 0.573. The van der Waals surface area contributed by atoms with Gasteiger partial charge in [0, 0.05) is 26.6 Å². The van der Waals surface area contributed by atoms with Crippen LogP contribution in [-0.4, -0.2) is 42.2 Å². The highest BCUT2D eigenvalue weighted by molar-refractivity contribution is 5.80. The number of benzene rings is 1. The van der Waals surface area contributed by atoms with Gasteiger partial charge in [0.15, 0.2) is 0 Å². The van der Waals surface area contributed by atoms with Gasteiger partial charge in [-0.1, -0.05) is 12.1 Å². The summed E-state index contributed by atoms with van der Waals surface area (Å²) < 4.78 is 5.42. The number of hydrogen-bond acceptors (Lipinski definition) is 4. The van der Waals surface area contributed by atoms with Crippen molar-refractivity contribution >= 4 is 5.91 Å². The molecule has 1 aliphatic heterocycles. The molecule has 18 heavy (non-hydrogen) atoms. The van der Waals surface area contributed by atoms with Crippen molar-refractivity contribution in [3.05, 3.63) is 29.3 Å². The van der Waals surface area contributed by atoms with E-state index in [0.717, 1.165) is 24.3 Å². The lowest BCUT2D eigenvalue weighted by atomic mass is 10.1. The Labute approximate surface area is 106 Å². The van der Waals surface area contributed by atoms with E-state index in [1.807, 2.05) is 18.2 Å². The van der Waals surface area contributed by atoms with Gasteiger partial charge in [-0.05, 0) is 17.2 Å². The molecule has 0 spiro atoms. The summed E-state index contributed by atoms with van der Waals surface area (Å²) in [5, 5.41) is 9.39. The van der Waals surface area contributed by atoms with Gasteiger partial charge in [-0.25, -0.2) is 0 Å². The van der Waals surface area contributed by atoms with E-state index in [9.17, 15) is 9.90 Å². The molecule has 0 radical (unpaired) electrons. The van der Waals surface area contributed by atoms with Crippen molar-refractivity contribution in [3.8, 4) is 5.75 Å². The van der Waals surface area contributed by atoms with Gasteiger partial charge in [-0.15, -0.1) is 0 Å². The van der Waals surface area contributed by atoms with Crippen LogP contribution in [-0.2, 0) is 17.8 Å². The van der Waals surface area contributed by atoms with Crippen LogP contribution in [0, 0.1) is 0 Å². The normalized spacial score (nSPS) is 14.8. The summed E-state index contributed by atoms with van der Waals surface area (Å²) in [7, 11) is 1.66. The molecular weight excluding hydrogens is 232 g/mol. The van der Waals surface area contributed by atoms with Gasteiger partial charge in [0.05, 0.1) is 6.61 Å². The molecule has 1 heterocycles. The van der Waals surface area contributed by atoms with Crippen molar-refractivity contribution in [2.45, 2.75) is 19.1 Å². The molecule has 1 unspecified atom stereocenters. The number of amides is 1. The summed E-state index contributed by atoms with van der Waals surface area (Å²) in [6.07, 6.45) is -0.209. The number of nitrogens with zero attached hydrogens (tertiary/aromatic N) is 1. The number of likely N-dealkylation sites (N-methyl/N-ethyl adjacent to an activating group) is 1. The Balaban J connectivity index is 2.03. The van der Waals surface area contributed by atoms with E-state index in [4.69, 9.17) is 10.5 Å². The Morgan fingerprint density at radius 2 is 2.39 bits per heavy atom. The Morgan fingerprint density at radius 3 is 3.11 bits per heavy atom. The molecule has 1 amide bonds. The predicted molar refractivity (Wildman–Crippen MR) is 67.2 cm³/mol. The Bertz CT molecular complexity index is 448. The Hall–Kier alpha value is -1.59. The molecule has 0 bridgehead atoms. The van der Waals surface area contributed by atoms with Crippen LogP contribution >= 0.6 is 0 Å². The number of aliphatic hydroxyl groups is 1. The fraction of sp³-hybridized carbons (Fsp3) is 0.462. The van der Waals surface area contributed by atoms with Gasteiger partial charge >= 0.3 is 0 Å². The smallest absolute Gasteiger partial charge is 0.252 e. The Morgan fingerprint density at radius 1 is 1.61 bits per heavy atom. The minimum Gasteiger partial charge on any atom is -0.493 e.